The summed E-state index contributed by atoms with van der Waals surface area (Å²) >= 11 is 2.28. The minimum absolute atomic E-state index is 0.0688. The van der Waals surface area contributed by atoms with Crippen LogP contribution in [-0.2, 0) is 4.43 Å². The number of nitriles is 1. The Labute approximate surface area is 192 Å². The molecule has 0 saturated heterocycles. The van der Waals surface area contributed by atoms with Crippen molar-refractivity contribution in [2.45, 2.75) is 17.4 Å². The van der Waals surface area contributed by atoms with Gasteiger partial charge in [0.25, 0.3) is 5.56 Å². The van der Waals surface area contributed by atoms with E-state index >= 15 is 0 Å². The van der Waals surface area contributed by atoms with Crippen molar-refractivity contribution in [3.63, 3.8) is 0 Å². The number of alkyl halides is 1. The van der Waals surface area contributed by atoms with Crippen LogP contribution in [0.15, 0.2) is 65.6 Å². The van der Waals surface area contributed by atoms with Gasteiger partial charge in [-0.2, -0.15) is 10.2 Å². The Balaban J connectivity index is 1.94. The number of nitrogens with zero attached hydrogens (tertiary/aromatic N) is 4. The van der Waals surface area contributed by atoms with Gasteiger partial charge in [-0.25, -0.2) is 4.98 Å². The molecule has 0 bridgehead atoms. The van der Waals surface area contributed by atoms with Gasteiger partial charge in [0.2, 0.25) is 5.95 Å². The first-order chi connectivity index (χ1) is 15.0. The van der Waals surface area contributed by atoms with Gasteiger partial charge < -0.3 is 11.1 Å². The molecule has 0 saturated carbocycles. The summed E-state index contributed by atoms with van der Waals surface area (Å²) in [7, 11) is 0. The molecule has 31 heavy (non-hydrogen) atoms. The first-order valence-electron chi connectivity index (χ1n) is 9.61. The first-order valence-corrected chi connectivity index (χ1v) is 11.1. The molecule has 0 amide bonds. The number of nitrogens with two attached hydrogens (primary N) is 1. The smallest absolute Gasteiger partial charge is 0.263 e. The van der Waals surface area contributed by atoms with E-state index in [1.54, 1.807) is 4.57 Å². The molecular weight excluding hydrogens is 503 g/mol. The van der Waals surface area contributed by atoms with Crippen molar-refractivity contribution < 1.29 is 0 Å². The molecule has 1 atom stereocenters. The third-order valence-electron chi connectivity index (χ3n) is 5.04. The van der Waals surface area contributed by atoms with Crippen molar-refractivity contribution in [1.82, 2.24) is 14.5 Å². The normalized spacial score (nSPS) is 11.8. The lowest BCUT2D eigenvalue weighted by molar-refractivity contribution is 0.772. The molecule has 0 radical (unpaired) electrons. The van der Waals surface area contributed by atoms with E-state index < -0.39 is 0 Å². The number of fused-ring (bicyclic) bond motifs is 1. The van der Waals surface area contributed by atoms with Crippen LogP contribution in [0.3, 0.4) is 0 Å². The van der Waals surface area contributed by atoms with Crippen molar-refractivity contribution in [2.24, 2.45) is 0 Å². The average molecular weight is 522 g/mol. The maximum atomic E-state index is 13.7. The van der Waals surface area contributed by atoms with Crippen molar-refractivity contribution in [3.05, 3.63) is 88.0 Å². The third-order valence-corrected chi connectivity index (χ3v) is 5.87. The van der Waals surface area contributed by atoms with Gasteiger partial charge in [-0.1, -0.05) is 59.0 Å². The van der Waals surface area contributed by atoms with Crippen LogP contribution in [0.4, 0.5) is 11.8 Å². The van der Waals surface area contributed by atoms with Crippen LogP contribution < -0.4 is 16.6 Å². The fourth-order valence-corrected chi connectivity index (χ4v) is 4.23. The summed E-state index contributed by atoms with van der Waals surface area (Å²) in [5.41, 5.74) is 8.43. The lowest BCUT2D eigenvalue weighted by atomic mass is 10.0. The molecule has 0 unspecified atom stereocenters. The molecule has 7 nitrogen and oxygen atoms in total. The van der Waals surface area contributed by atoms with E-state index in [-0.39, 0.29) is 23.1 Å². The SMILES string of the molecule is C[C@H](Nc1nc(N)ncc1C#N)c1cc2cccc(CI)c2c(=O)n1-c1ccccc1. The van der Waals surface area contributed by atoms with Crippen LogP contribution in [-0.4, -0.2) is 14.5 Å². The van der Waals surface area contributed by atoms with E-state index in [1.807, 2.05) is 61.5 Å². The highest BCUT2D eigenvalue weighted by atomic mass is 127. The highest BCUT2D eigenvalue weighted by Gasteiger charge is 2.19. The van der Waals surface area contributed by atoms with Gasteiger partial charge in [-0.05, 0) is 36.1 Å². The van der Waals surface area contributed by atoms with Gasteiger partial charge in [-0.3, -0.25) is 9.36 Å². The molecule has 2 aromatic heterocycles. The second-order valence-electron chi connectivity index (χ2n) is 7.03. The monoisotopic (exact) mass is 522 g/mol. The van der Waals surface area contributed by atoms with E-state index in [0.717, 1.165) is 26.8 Å². The Morgan fingerprint density at radius 2 is 2.00 bits per heavy atom. The zero-order valence-electron chi connectivity index (χ0n) is 16.7. The number of benzene rings is 2. The van der Waals surface area contributed by atoms with E-state index in [2.05, 4.69) is 43.9 Å². The first kappa shape index (κ1) is 20.8. The Kier molecular flexibility index (Phi) is 5.86. The summed E-state index contributed by atoms with van der Waals surface area (Å²) in [5.74, 6) is 0.398. The summed E-state index contributed by atoms with van der Waals surface area (Å²) in [6.45, 7) is 1.92. The highest BCUT2D eigenvalue weighted by Crippen LogP contribution is 2.26. The minimum Gasteiger partial charge on any atom is -0.368 e. The van der Waals surface area contributed by atoms with Crippen LogP contribution in [0.2, 0.25) is 0 Å². The van der Waals surface area contributed by atoms with Gasteiger partial charge in [0.05, 0.1) is 17.6 Å². The summed E-state index contributed by atoms with van der Waals surface area (Å²) < 4.78 is 2.45. The number of hydrogen-bond donors (Lipinski definition) is 2. The van der Waals surface area contributed by atoms with Crippen molar-refractivity contribution in [2.75, 3.05) is 11.1 Å². The second kappa shape index (κ2) is 8.73. The molecule has 4 rings (SSSR count). The molecular formula is C23H19IN6O. The zero-order chi connectivity index (χ0) is 22.0. The van der Waals surface area contributed by atoms with Gasteiger partial charge in [0, 0.05) is 15.8 Å². The quantitative estimate of drug-likeness (QED) is 0.298. The maximum Gasteiger partial charge on any atom is 0.263 e. The lowest BCUT2D eigenvalue weighted by Gasteiger charge is -2.22. The molecule has 0 aliphatic heterocycles. The molecule has 4 aromatic rings. The number of nitrogens with one attached hydrogen (secondary N) is 1. The molecule has 8 heteroatoms. The highest BCUT2D eigenvalue weighted by molar-refractivity contribution is 14.1. The number of anilines is 2. The second-order valence-corrected chi connectivity index (χ2v) is 7.79. The average Bonchev–Trinajstić information content (AvgIpc) is 2.79. The molecule has 154 valence electrons. The molecule has 0 aliphatic rings. The summed E-state index contributed by atoms with van der Waals surface area (Å²) in [4.78, 5) is 21.7. The number of hydrogen-bond acceptors (Lipinski definition) is 6. The Morgan fingerprint density at radius 3 is 2.71 bits per heavy atom. The van der Waals surface area contributed by atoms with Crippen molar-refractivity contribution in [1.29, 1.82) is 5.26 Å². The zero-order valence-corrected chi connectivity index (χ0v) is 18.9. The fourth-order valence-electron chi connectivity index (χ4n) is 3.59. The van der Waals surface area contributed by atoms with Gasteiger partial charge >= 0.3 is 0 Å². The number of rotatable bonds is 5. The molecule has 2 heterocycles. The van der Waals surface area contributed by atoms with E-state index in [0.29, 0.717) is 11.2 Å². The predicted molar refractivity (Wildman–Crippen MR) is 130 cm³/mol. The summed E-state index contributed by atoms with van der Waals surface area (Å²) in [6.07, 6.45) is 1.38. The Bertz CT molecular complexity index is 1360. The fraction of sp³-hybridized carbons (Fsp3) is 0.130. The third kappa shape index (κ3) is 3.96. The Hall–Kier alpha value is -3.45. The molecule has 3 N–H and O–H groups in total. The standard InChI is InChI=1S/C23H19IN6O/c1-14(28-21-17(12-25)13-27-23(26)29-21)19-10-15-6-5-7-16(11-24)20(15)22(31)30(19)18-8-3-2-4-9-18/h2-10,13-14H,11H2,1H3,(H3,26,27,28,29)/t14-/m0/s1. The summed E-state index contributed by atoms with van der Waals surface area (Å²) in [5, 5.41) is 14.2. The van der Waals surface area contributed by atoms with E-state index in [9.17, 15) is 10.1 Å². The minimum atomic E-state index is -0.345. The molecule has 2 aromatic carbocycles. The molecule has 0 fully saturated rings. The largest absolute Gasteiger partial charge is 0.368 e. The van der Waals surface area contributed by atoms with Crippen LogP contribution in [0, 0.1) is 11.3 Å². The van der Waals surface area contributed by atoms with Crippen LogP contribution >= 0.6 is 22.6 Å². The number of halogens is 1. The predicted octanol–water partition coefficient (Wildman–Crippen LogP) is 4.34. The van der Waals surface area contributed by atoms with Crippen LogP contribution in [0.25, 0.3) is 16.5 Å². The van der Waals surface area contributed by atoms with Crippen molar-refractivity contribution >= 4 is 45.1 Å². The summed E-state index contributed by atoms with van der Waals surface area (Å²) in [6, 6.07) is 19.1. The van der Waals surface area contributed by atoms with Gasteiger partial charge in [-0.15, -0.1) is 0 Å². The number of para-hydroxylation sites is 1. The lowest BCUT2D eigenvalue weighted by Crippen LogP contribution is -2.26. The number of aromatic nitrogens is 3. The van der Waals surface area contributed by atoms with Gasteiger partial charge in [0.15, 0.2) is 0 Å². The molecule has 0 aliphatic carbocycles. The maximum absolute atomic E-state index is 13.7. The van der Waals surface area contributed by atoms with Crippen molar-refractivity contribution in [3.8, 4) is 11.8 Å². The number of pyridine rings is 1. The topological polar surface area (TPSA) is 110 Å². The van der Waals surface area contributed by atoms with Crippen LogP contribution in [0.1, 0.15) is 29.8 Å². The number of nitrogen functional groups attached to an aromatic ring is 1. The van der Waals surface area contributed by atoms with E-state index in [1.165, 1.54) is 6.20 Å². The van der Waals surface area contributed by atoms with Gasteiger partial charge in [0.1, 0.15) is 17.5 Å². The Morgan fingerprint density at radius 1 is 1.23 bits per heavy atom. The van der Waals surface area contributed by atoms with Crippen LogP contribution in [0.5, 0.6) is 0 Å². The molecule has 0 spiro atoms. The van der Waals surface area contributed by atoms with E-state index in [4.69, 9.17) is 5.73 Å².